The van der Waals surface area contributed by atoms with E-state index >= 15 is 0 Å². The van der Waals surface area contributed by atoms with Gasteiger partial charge in [-0.25, -0.2) is 18.6 Å². The van der Waals surface area contributed by atoms with Crippen LogP contribution in [0.2, 0.25) is 0 Å². The lowest BCUT2D eigenvalue weighted by atomic mass is 10.2. The number of nitrogens with zero attached hydrogens (tertiary/aromatic N) is 1. The van der Waals surface area contributed by atoms with Crippen molar-refractivity contribution >= 4 is 17.3 Å². The minimum Gasteiger partial charge on any atom is -0.497 e. The molecule has 0 N–H and O–H groups in total. The summed E-state index contributed by atoms with van der Waals surface area (Å²) in [6.07, 6.45) is 0. The van der Waals surface area contributed by atoms with Gasteiger partial charge in [0, 0.05) is 10.9 Å². The van der Waals surface area contributed by atoms with E-state index in [0.29, 0.717) is 5.69 Å². The van der Waals surface area contributed by atoms with Crippen LogP contribution in [0.5, 0.6) is 5.75 Å². The molecule has 3 rings (SSSR count). The highest BCUT2D eigenvalue weighted by atomic mass is 32.1. The van der Waals surface area contributed by atoms with Crippen LogP contribution in [0.3, 0.4) is 0 Å². The molecule has 4 nitrogen and oxygen atoms in total. The van der Waals surface area contributed by atoms with E-state index in [1.54, 1.807) is 12.5 Å². The predicted molar refractivity (Wildman–Crippen MR) is 89.6 cm³/mol. The summed E-state index contributed by atoms with van der Waals surface area (Å²) in [4.78, 5) is 16.2. The summed E-state index contributed by atoms with van der Waals surface area (Å²) in [7, 11) is 1.59. The number of esters is 1. The monoisotopic (exact) mass is 361 g/mol. The summed E-state index contributed by atoms with van der Waals surface area (Å²) >= 11 is 1.38. The van der Waals surface area contributed by atoms with Gasteiger partial charge < -0.3 is 9.47 Å². The minimum absolute atomic E-state index is 0.167. The lowest BCUT2D eigenvalue weighted by Gasteiger charge is -2.05. The van der Waals surface area contributed by atoms with Crippen molar-refractivity contribution in [1.82, 2.24) is 4.98 Å². The number of aromatic nitrogens is 1. The Morgan fingerprint density at radius 3 is 2.44 bits per heavy atom. The first-order valence-electron chi connectivity index (χ1n) is 7.28. The molecule has 0 saturated heterocycles. The van der Waals surface area contributed by atoms with E-state index in [0.717, 1.165) is 28.5 Å². The number of thiazole rings is 1. The Balaban J connectivity index is 1.68. The Kier molecular flexibility index (Phi) is 5.04. The smallest absolute Gasteiger partial charge is 0.344 e. The zero-order chi connectivity index (χ0) is 17.8. The van der Waals surface area contributed by atoms with Crippen molar-refractivity contribution in [2.24, 2.45) is 0 Å². The number of rotatable bonds is 5. The summed E-state index contributed by atoms with van der Waals surface area (Å²) in [6, 6.07) is 10.6. The molecule has 25 heavy (non-hydrogen) atoms. The summed E-state index contributed by atoms with van der Waals surface area (Å²) in [5.74, 6) is -2.24. The fraction of sp³-hybridized carbons (Fsp3) is 0.111. The first-order valence-corrected chi connectivity index (χ1v) is 8.16. The van der Waals surface area contributed by atoms with Gasteiger partial charge in [-0.15, -0.1) is 11.3 Å². The van der Waals surface area contributed by atoms with Crippen LogP contribution in [0.25, 0.3) is 10.6 Å². The maximum Gasteiger partial charge on any atom is 0.344 e. The van der Waals surface area contributed by atoms with Crippen LogP contribution >= 0.6 is 11.3 Å². The molecular formula is C18H13F2NO3S. The van der Waals surface area contributed by atoms with Crippen LogP contribution in [-0.4, -0.2) is 18.1 Å². The molecule has 3 aromatic rings. The number of benzene rings is 2. The van der Waals surface area contributed by atoms with Gasteiger partial charge in [-0.05, 0) is 36.4 Å². The van der Waals surface area contributed by atoms with Gasteiger partial charge in [0.25, 0.3) is 0 Å². The first kappa shape index (κ1) is 17.0. The van der Waals surface area contributed by atoms with Gasteiger partial charge in [-0.3, -0.25) is 0 Å². The normalized spacial score (nSPS) is 10.5. The molecule has 0 atom stereocenters. The minimum atomic E-state index is -1.06. The predicted octanol–water partition coefficient (Wildman–Crippen LogP) is 4.45. The van der Waals surface area contributed by atoms with Gasteiger partial charge >= 0.3 is 5.97 Å². The highest BCUT2D eigenvalue weighted by molar-refractivity contribution is 7.13. The molecule has 1 heterocycles. The summed E-state index contributed by atoms with van der Waals surface area (Å²) in [6.45, 7) is -0.167. The second-order valence-electron chi connectivity index (χ2n) is 5.05. The molecule has 2 aromatic carbocycles. The van der Waals surface area contributed by atoms with Crippen molar-refractivity contribution in [3.63, 3.8) is 0 Å². The molecular weight excluding hydrogens is 348 g/mol. The molecule has 0 aliphatic carbocycles. The van der Waals surface area contributed by atoms with E-state index in [9.17, 15) is 13.6 Å². The van der Waals surface area contributed by atoms with Crippen molar-refractivity contribution in [3.05, 3.63) is 70.7 Å². The molecule has 0 spiro atoms. The van der Waals surface area contributed by atoms with Crippen molar-refractivity contribution in [2.75, 3.05) is 7.11 Å². The third-order valence-electron chi connectivity index (χ3n) is 3.41. The second kappa shape index (κ2) is 7.40. The molecule has 7 heteroatoms. The third-order valence-corrected chi connectivity index (χ3v) is 4.35. The van der Waals surface area contributed by atoms with Crippen molar-refractivity contribution < 1.29 is 23.0 Å². The number of carbonyl (C=O) groups is 1. The molecule has 0 radical (unpaired) electrons. The van der Waals surface area contributed by atoms with Gasteiger partial charge in [0.1, 0.15) is 34.6 Å². The summed E-state index contributed by atoms with van der Waals surface area (Å²) < 4.78 is 37.2. The highest BCUT2D eigenvalue weighted by Gasteiger charge is 2.19. The van der Waals surface area contributed by atoms with Crippen molar-refractivity contribution in [1.29, 1.82) is 0 Å². The topological polar surface area (TPSA) is 48.4 Å². The van der Waals surface area contributed by atoms with Crippen molar-refractivity contribution in [2.45, 2.75) is 6.61 Å². The van der Waals surface area contributed by atoms with Gasteiger partial charge in [0.2, 0.25) is 0 Å². The van der Waals surface area contributed by atoms with Crippen molar-refractivity contribution in [3.8, 4) is 16.3 Å². The lowest BCUT2D eigenvalue weighted by Crippen LogP contribution is -2.10. The average molecular weight is 361 g/mol. The molecule has 1 aromatic heterocycles. The second-order valence-corrected chi connectivity index (χ2v) is 5.90. The van der Waals surface area contributed by atoms with Crippen LogP contribution in [-0.2, 0) is 11.3 Å². The van der Waals surface area contributed by atoms with Crippen LogP contribution in [0.4, 0.5) is 8.78 Å². The molecule has 0 aliphatic rings. The Labute approximate surface area is 146 Å². The quantitative estimate of drug-likeness (QED) is 0.630. The zero-order valence-electron chi connectivity index (χ0n) is 13.2. The van der Waals surface area contributed by atoms with E-state index in [-0.39, 0.29) is 6.61 Å². The zero-order valence-corrected chi connectivity index (χ0v) is 14.0. The molecule has 0 amide bonds. The molecule has 0 aliphatic heterocycles. The Hall–Kier alpha value is -2.80. The number of methoxy groups -OCH3 is 1. The SMILES string of the molecule is COc1ccc(-c2nc(COC(=O)c3c(F)cccc3F)cs2)cc1. The maximum absolute atomic E-state index is 13.5. The van der Waals surface area contributed by atoms with Crippen LogP contribution in [0.1, 0.15) is 16.1 Å². The maximum atomic E-state index is 13.5. The van der Waals surface area contributed by atoms with Gasteiger partial charge in [0.15, 0.2) is 0 Å². The number of halogens is 2. The van der Waals surface area contributed by atoms with Gasteiger partial charge in [-0.2, -0.15) is 0 Å². The number of hydrogen-bond acceptors (Lipinski definition) is 5. The van der Waals surface area contributed by atoms with Gasteiger partial charge in [-0.1, -0.05) is 6.07 Å². The van der Waals surface area contributed by atoms with Crippen LogP contribution < -0.4 is 4.74 Å². The highest BCUT2D eigenvalue weighted by Crippen LogP contribution is 2.26. The number of ether oxygens (including phenoxy) is 2. The average Bonchev–Trinajstić information content (AvgIpc) is 3.09. The Morgan fingerprint density at radius 1 is 1.12 bits per heavy atom. The van der Waals surface area contributed by atoms with Crippen LogP contribution in [0.15, 0.2) is 47.8 Å². The fourth-order valence-corrected chi connectivity index (χ4v) is 2.95. The van der Waals surface area contributed by atoms with E-state index in [1.165, 1.54) is 17.4 Å². The Morgan fingerprint density at radius 2 is 1.80 bits per heavy atom. The summed E-state index contributed by atoms with van der Waals surface area (Å²) in [5.41, 5.74) is 0.692. The third kappa shape index (κ3) is 3.83. The van der Waals surface area contributed by atoms with Crippen LogP contribution in [0, 0.1) is 11.6 Å². The Bertz CT molecular complexity index is 873. The number of hydrogen-bond donors (Lipinski definition) is 0. The van der Waals surface area contributed by atoms with Gasteiger partial charge in [0.05, 0.1) is 12.8 Å². The molecule has 0 saturated carbocycles. The van der Waals surface area contributed by atoms with E-state index in [2.05, 4.69) is 4.98 Å². The molecule has 0 bridgehead atoms. The molecule has 0 fully saturated rings. The first-order chi connectivity index (χ1) is 12.1. The number of carbonyl (C=O) groups excluding carboxylic acids is 1. The standard InChI is InChI=1S/C18H13F2NO3S/c1-23-13-7-5-11(6-8-13)17-21-12(10-25-17)9-24-18(22)16-14(19)3-2-4-15(16)20/h2-8,10H,9H2,1H3. The largest absolute Gasteiger partial charge is 0.497 e. The lowest BCUT2D eigenvalue weighted by molar-refractivity contribution is 0.0457. The van der Waals surface area contributed by atoms with E-state index in [1.807, 2.05) is 24.3 Å². The molecule has 0 unspecified atom stereocenters. The van der Waals surface area contributed by atoms with E-state index < -0.39 is 23.2 Å². The molecule has 128 valence electrons. The summed E-state index contributed by atoms with van der Waals surface area (Å²) in [5, 5.41) is 2.47. The van der Waals surface area contributed by atoms with E-state index in [4.69, 9.17) is 9.47 Å². The fourth-order valence-electron chi connectivity index (χ4n) is 2.14.